The van der Waals surface area contributed by atoms with Crippen molar-refractivity contribution in [2.75, 3.05) is 13.2 Å². The Bertz CT molecular complexity index is 1860. The number of halogens is 1. The normalized spacial score (nSPS) is 14.9. The summed E-state index contributed by atoms with van der Waals surface area (Å²) < 4.78 is 5.19. The standard InChI is InChI=1S/C36H37ClN4O11/c1-20-5-3-6-21(2)33(20)36(49)52-19-30(43)25(18-32(45)46)39-34(47)27-7-4-14-40(27)35(48)26(15-22-8-11-24(37)12-9-22)38-31(44)17-23-10-13-29(42)28(16-23)41(50)51/h3,5-6,8-13,16,25-27,42H,4,7,14-15,17-19H2,1-2H3,(H,38,44)(H,39,47)(H,45,46)/t25-,26-,27?/m0/s1. The number of nitro benzene ring substituents is 1. The van der Waals surface area contributed by atoms with Crippen molar-refractivity contribution in [1.82, 2.24) is 15.5 Å². The van der Waals surface area contributed by atoms with E-state index in [1.165, 1.54) is 11.0 Å². The Kier molecular flexibility index (Phi) is 13.0. The highest BCUT2D eigenvalue weighted by atomic mass is 35.5. The van der Waals surface area contributed by atoms with Crippen molar-refractivity contribution < 1.29 is 48.6 Å². The maximum atomic E-state index is 14.0. The van der Waals surface area contributed by atoms with Crippen LogP contribution in [-0.2, 0) is 41.6 Å². The van der Waals surface area contributed by atoms with Gasteiger partial charge in [0, 0.05) is 24.1 Å². The smallest absolute Gasteiger partial charge is 0.339 e. The van der Waals surface area contributed by atoms with E-state index in [-0.39, 0.29) is 36.9 Å². The molecule has 4 N–H and O–H groups in total. The predicted molar refractivity (Wildman–Crippen MR) is 186 cm³/mol. The van der Waals surface area contributed by atoms with Crippen molar-refractivity contribution in [2.45, 2.75) is 64.1 Å². The first kappa shape index (κ1) is 39.0. The minimum atomic E-state index is -1.58. The molecule has 1 fully saturated rings. The van der Waals surface area contributed by atoms with Gasteiger partial charge in [-0.2, -0.15) is 0 Å². The lowest BCUT2D eigenvalue weighted by Crippen LogP contribution is -2.56. The Hall–Kier alpha value is -5.83. The van der Waals surface area contributed by atoms with Gasteiger partial charge >= 0.3 is 17.6 Å². The number of benzene rings is 3. The number of carboxylic acids is 1. The van der Waals surface area contributed by atoms with Gasteiger partial charge in [0.2, 0.25) is 17.7 Å². The molecule has 1 heterocycles. The van der Waals surface area contributed by atoms with Gasteiger partial charge in [0.1, 0.15) is 18.1 Å². The number of ether oxygens (including phenoxy) is 1. The molecule has 3 atom stereocenters. The van der Waals surface area contributed by atoms with E-state index in [9.17, 15) is 49.1 Å². The van der Waals surface area contributed by atoms with Gasteiger partial charge in [-0.25, -0.2) is 4.79 Å². The number of carbonyl (C=O) groups excluding carboxylic acids is 5. The van der Waals surface area contributed by atoms with Crippen LogP contribution in [0.25, 0.3) is 0 Å². The van der Waals surface area contributed by atoms with E-state index in [0.717, 1.165) is 12.1 Å². The second kappa shape index (κ2) is 17.4. The number of carboxylic acid groups (broad SMARTS) is 1. The molecule has 15 nitrogen and oxygen atoms in total. The maximum absolute atomic E-state index is 14.0. The van der Waals surface area contributed by atoms with Crippen molar-refractivity contribution in [1.29, 1.82) is 0 Å². The number of nitrogens with one attached hydrogen (secondary N) is 2. The molecule has 274 valence electrons. The van der Waals surface area contributed by atoms with Crippen LogP contribution >= 0.6 is 11.6 Å². The summed E-state index contributed by atoms with van der Waals surface area (Å²) in [5, 5.41) is 36.0. The number of ketones is 1. The number of carbonyl (C=O) groups is 6. The van der Waals surface area contributed by atoms with E-state index in [1.54, 1.807) is 56.3 Å². The van der Waals surface area contributed by atoms with Crippen LogP contribution < -0.4 is 10.6 Å². The minimum Gasteiger partial charge on any atom is -0.502 e. The molecule has 0 aromatic heterocycles. The molecule has 1 aliphatic rings. The number of aryl methyl sites for hydroxylation is 2. The molecule has 0 bridgehead atoms. The van der Waals surface area contributed by atoms with Crippen LogP contribution in [0.3, 0.4) is 0 Å². The molecular formula is C36H37ClN4O11. The van der Waals surface area contributed by atoms with Crippen LogP contribution in [0.15, 0.2) is 60.7 Å². The first-order valence-electron chi connectivity index (χ1n) is 16.2. The van der Waals surface area contributed by atoms with Crippen molar-refractivity contribution in [3.8, 4) is 5.75 Å². The molecule has 1 unspecified atom stereocenters. The van der Waals surface area contributed by atoms with Crippen LogP contribution in [0.5, 0.6) is 5.75 Å². The maximum Gasteiger partial charge on any atom is 0.339 e. The van der Waals surface area contributed by atoms with Gasteiger partial charge < -0.3 is 30.5 Å². The number of phenolic OH excluding ortho intramolecular Hbond substituents is 1. The number of hydrogen-bond acceptors (Lipinski definition) is 10. The summed E-state index contributed by atoms with van der Waals surface area (Å²) >= 11 is 6.02. The van der Waals surface area contributed by atoms with Crippen LogP contribution in [-0.4, -0.2) is 86.8 Å². The zero-order valence-electron chi connectivity index (χ0n) is 28.3. The monoisotopic (exact) mass is 736 g/mol. The summed E-state index contributed by atoms with van der Waals surface area (Å²) in [5.41, 5.74) is 1.73. The molecule has 16 heteroatoms. The predicted octanol–water partition coefficient (Wildman–Crippen LogP) is 3.22. The topological polar surface area (TPSA) is 223 Å². The van der Waals surface area contributed by atoms with Gasteiger partial charge in [0.05, 0.1) is 23.3 Å². The van der Waals surface area contributed by atoms with Crippen molar-refractivity contribution in [2.24, 2.45) is 0 Å². The second-order valence-electron chi connectivity index (χ2n) is 12.4. The number of aromatic hydroxyl groups is 1. The van der Waals surface area contributed by atoms with Crippen LogP contribution in [0, 0.1) is 24.0 Å². The number of hydrogen-bond donors (Lipinski definition) is 4. The number of nitrogens with zero attached hydrogens (tertiary/aromatic N) is 2. The fourth-order valence-electron chi connectivity index (χ4n) is 5.95. The Morgan fingerprint density at radius 2 is 1.63 bits per heavy atom. The molecular weight excluding hydrogens is 700 g/mol. The molecule has 52 heavy (non-hydrogen) atoms. The SMILES string of the molecule is Cc1cccc(C)c1C(=O)OCC(=O)[C@H](CC(=O)O)NC(=O)C1CCCN1C(=O)[C@H](Cc1ccc(Cl)cc1)NC(=O)Cc1ccc(O)c([N+](=O)[O-])c1. The Balaban J connectivity index is 1.49. The fraction of sp³-hybridized carbons (Fsp3) is 0.333. The third-order valence-corrected chi connectivity index (χ3v) is 8.79. The average Bonchev–Trinajstić information content (AvgIpc) is 3.58. The van der Waals surface area contributed by atoms with Crippen LogP contribution in [0.2, 0.25) is 5.02 Å². The van der Waals surface area contributed by atoms with Crippen molar-refractivity contribution >= 4 is 52.7 Å². The lowest BCUT2D eigenvalue weighted by atomic mass is 10.0. The molecule has 0 spiro atoms. The lowest BCUT2D eigenvalue weighted by molar-refractivity contribution is -0.385. The number of aliphatic carboxylic acids is 1. The van der Waals surface area contributed by atoms with Gasteiger partial charge in [0.15, 0.2) is 18.1 Å². The first-order chi connectivity index (χ1) is 24.6. The molecule has 3 aromatic carbocycles. The summed E-state index contributed by atoms with van der Waals surface area (Å²) in [6, 6.07) is 11.2. The second-order valence-corrected chi connectivity index (χ2v) is 12.8. The molecule has 1 aliphatic heterocycles. The van der Waals surface area contributed by atoms with Crippen molar-refractivity contribution in [3.05, 3.63) is 104 Å². The van der Waals surface area contributed by atoms with E-state index in [0.29, 0.717) is 28.1 Å². The van der Waals surface area contributed by atoms with Gasteiger partial charge in [-0.3, -0.25) is 34.1 Å². The fourth-order valence-corrected chi connectivity index (χ4v) is 6.08. The summed E-state index contributed by atoms with van der Waals surface area (Å²) in [4.78, 5) is 90.0. The van der Waals surface area contributed by atoms with Gasteiger partial charge in [-0.15, -0.1) is 0 Å². The number of amides is 3. The average molecular weight is 737 g/mol. The highest BCUT2D eigenvalue weighted by Gasteiger charge is 2.39. The molecule has 0 aliphatic carbocycles. The Morgan fingerprint density at radius 3 is 2.27 bits per heavy atom. The number of nitro groups is 1. The zero-order valence-corrected chi connectivity index (χ0v) is 29.1. The van der Waals surface area contributed by atoms with E-state index in [4.69, 9.17) is 16.3 Å². The zero-order chi connectivity index (χ0) is 38.1. The van der Waals surface area contributed by atoms with Crippen molar-refractivity contribution in [3.63, 3.8) is 0 Å². The number of rotatable bonds is 15. The molecule has 3 amide bonds. The van der Waals surface area contributed by atoms with Crippen LogP contribution in [0.4, 0.5) is 5.69 Å². The van der Waals surface area contributed by atoms with Crippen LogP contribution in [0.1, 0.15) is 51.9 Å². The summed E-state index contributed by atoms with van der Waals surface area (Å²) in [5.74, 6) is -5.74. The summed E-state index contributed by atoms with van der Waals surface area (Å²) in [6.45, 7) is 2.70. The minimum absolute atomic E-state index is 0.0197. The summed E-state index contributed by atoms with van der Waals surface area (Å²) in [7, 11) is 0. The van der Waals surface area contributed by atoms with Gasteiger partial charge in [-0.1, -0.05) is 48.0 Å². The van der Waals surface area contributed by atoms with Gasteiger partial charge in [0.25, 0.3) is 0 Å². The third-order valence-electron chi connectivity index (χ3n) is 8.54. The number of phenols is 1. The number of Topliss-reactive ketones (excluding diaryl/α,β-unsaturated/α-hetero) is 1. The van der Waals surface area contributed by atoms with E-state index >= 15 is 0 Å². The first-order valence-corrected chi connectivity index (χ1v) is 16.6. The Labute approximate surface area is 303 Å². The largest absolute Gasteiger partial charge is 0.502 e. The Morgan fingerprint density at radius 1 is 0.981 bits per heavy atom. The number of likely N-dealkylation sites (tertiary alicyclic amines) is 1. The molecule has 0 radical (unpaired) electrons. The molecule has 1 saturated heterocycles. The highest BCUT2D eigenvalue weighted by molar-refractivity contribution is 6.30. The number of esters is 1. The highest BCUT2D eigenvalue weighted by Crippen LogP contribution is 2.27. The molecule has 4 rings (SSSR count). The quantitative estimate of drug-likeness (QED) is 0.101. The molecule has 3 aromatic rings. The van der Waals surface area contributed by atoms with E-state index in [1.807, 2.05) is 0 Å². The third kappa shape index (κ3) is 10.1. The van der Waals surface area contributed by atoms with E-state index < -0.39 is 83.0 Å². The lowest BCUT2D eigenvalue weighted by Gasteiger charge is -2.30. The summed E-state index contributed by atoms with van der Waals surface area (Å²) in [6.07, 6.45) is -0.646. The van der Waals surface area contributed by atoms with Gasteiger partial charge in [-0.05, 0) is 67.1 Å². The molecule has 0 saturated carbocycles. The van der Waals surface area contributed by atoms with E-state index in [2.05, 4.69) is 10.6 Å².